The molecule has 3 aliphatic heterocycles. The Hall–Kier alpha value is -2.08. The van der Waals surface area contributed by atoms with E-state index in [1.165, 1.54) is 4.90 Å². The van der Waals surface area contributed by atoms with Crippen LogP contribution in [-0.2, 0) is 9.53 Å². The molecular formula is C10H14N6O5. The zero-order valence-electron chi connectivity index (χ0n) is 10.7. The number of hydrogen-bond acceptors (Lipinski definition) is 10. The van der Waals surface area contributed by atoms with E-state index < -0.39 is 43.1 Å². The monoisotopic (exact) mass is 298 g/mol. The van der Waals surface area contributed by atoms with Crippen molar-refractivity contribution in [2.45, 2.75) is 30.6 Å². The van der Waals surface area contributed by atoms with E-state index >= 15 is 0 Å². The van der Waals surface area contributed by atoms with Gasteiger partial charge in [0.15, 0.2) is 24.1 Å². The fraction of sp³-hybridized carbons (Fsp3) is 0.600. The van der Waals surface area contributed by atoms with Crippen LogP contribution >= 0.6 is 0 Å². The Morgan fingerprint density at radius 2 is 1.95 bits per heavy atom. The van der Waals surface area contributed by atoms with Crippen molar-refractivity contribution in [3.63, 3.8) is 0 Å². The van der Waals surface area contributed by atoms with Gasteiger partial charge < -0.3 is 31.5 Å². The summed E-state index contributed by atoms with van der Waals surface area (Å²) in [5.74, 6) is -0.936. The van der Waals surface area contributed by atoms with Crippen LogP contribution in [0.2, 0.25) is 0 Å². The van der Waals surface area contributed by atoms with E-state index in [-0.39, 0.29) is 17.8 Å². The fourth-order valence-corrected chi connectivity index (χ4v) is 2.45. The maximum atomic E-state index is 11.7. The van der Waals surface area contributed by atoms with E-state index in [1.807, 2.05) is 0 Å². The van der Waals surface area contributed by atoms with Gasteiger partial charge in [-0.3, -0.25) is 9.69 Å². The molecule has 0 spiro atoms. The van der Waals surface area contributed by atoms with Crippen LogP contribution < -0.4 is 11.5 Å². The summed E-state index contributed by atoms with van der Waals surface area (Å²) in [6.45, 7) is -0.488. The quantitative estimate of drug-likeness (QED) is 0.339. The molecule has 0 bridgehead atoms. The molecule has 3 heterocycles. The van der Waals surface area contributed by atoms with E-state index in [4.69, 9.17) is 21.3 Å². The van der Waals surface area contributed by atoms with Gasteiger partial charge in [-0.15, -0.1) is 0 Å². The van der Waals surface area contributed by atoms with Crippen LogP contribution in [0.25, 0.3) is 0 Å². The van der Waals surface area contributed by atoms with Crippen LogP contribution in [-0.4, -0.2) is 81.1 Å². The highest BCUT2D eigenvalue weighted by molar-refractivity contribution is 6.24. The smallest absolute Gasteiger partial charge is 0.281 e. The number of fused-ring (bicyclic) bond motifs is 1. The Bertz CT molecular complexity index is 574. The molecule has 3 aliphatic rings. The number of nitrogens with two attached hydrogens (primary N) is 2. The molecule has 114 valence electrons. The van der Waals surface area contributed by atoms with Gasteiger partial charge in [0.2, 0.25) is 5.96 Å². The third-order valence-electron chi connectivity index (χ3n) is 3.46. The van der Waals surface area contributed by atoms with Gasteiger partial charge in [0.1, 0.15) is 18.3 Å². The predicted octanol–water partition coefficient (Wildman–Crippen LogP) is -4.32. The summed E-state index contributed by atoms with van der Waals surface area (Å²) in [6, 6.07) is -1.04. The molecule has 0 aromatic carbocycles. The molecule has 0 aromatic rings. The summed E-state index contributed by atoms with van der Waals surface area (Å²) in [7, 11) is 0. The first kappa shape index (κ1) is 13.9. The summed E-state index contributed by atoms with van der Waals surface area (Å²) in [5.41, 5.74) is 11.2. The molecule has 1 fully saturated rings. The summed E-state index contributed by atoms with van der Waals surface area (Å²) in [6.07, 6.45) is -4.79. The SMILES string of the molecule is NC1=NC(=O)C2N=C(N)N(C3OC(CO)C(O)C3O)C2=N1. The van der Waals surface area contributed by atoms with Crippen molar-refractivity contribution < 1.29 is 24.9 Å². The van der Waals surface area contributed by atoms with Gasteiger partial charge in [0.25, 0.3) is 5.91 Å². The summed E-state index contributed by atoms with van der Waals surface area (Å²) >= 11 is 0. The largest absolute Gasteiger partial charge is 0.394 e. The Morgan fingerprint density at radius 1 is 1.24 bits per heavy atom. The number of ether oxygens (including phenoxy) is 1. The molecule has 0 radical (unpaired) electrons. The highest BCUT2D eigenvalue weighted by Crippen LogP contribution is 2.28. The second kappa shape index (κ2) is 4.73. The number of aliphatic hydroxyl groups excluding tert-OH is 3. The average Bonchev–Trinajstić information content (AvgIpc) is 2.89. The highest BCUT2D eigenvalue weighted by atomic mass is 16.6. The Morgan fingerprint density at radius 3 is 2.57 bits per heavy atom. The van der Waals surface area contributed by atoms with Gasteiger partial charge in [-0.1, -0.05) is 0 Å². The zero-order chi connectivity index (χ0) is 15.3. The molecule has 11 nitrogen and oxygen atoms in total. The van der Waals surface area contributed by atoms with E-state index in [9.17, 15) is 15.0 Å². The van der Waals surface area contributed by atoms with Crippen molar-refractivity contribution in [3.05, 3.63) is 0 Å². The Kier molecular flexibility index (Phi) is 3.13. The fourth-order valence-electron chi connectivity index (χ4n) is 2.45. The normalized spacial score (nSPS) is 39.0. The van der Waals surface area contributed by atoms with Gasteiger partial charge in [-0.25, -0.2) is 4.99 Å². The zero-order valence-corrected chi connectivity index (χ0v) is 10.7. The van der Waals surface area contributed by atoms with Crippen LogP contribution in [0.5, 0.6) is 0 Å². The van der Waals surface area contributed by atoms with Crippen molar-refractivity contribution in [3.8, 4) is 0 Å². The maximum absolute atomic E-state index is 11.7. The van der Waals surface area contributed by atoms with Gasteiger partial charge >= 0.3 is 0 Å². The standard InChI is InChI=1S/C10H14N6O5/c11-9-14-6-3(7(20)15-9)13-10(12)16(6)8-5(19)4(18)2(1-17)21-8/h2-5,8,17-19H,1H2,(H2,12,13)(H2,11,15,20). The first-order valence-electron chi connectivity index (χ1n) is 6.15. The predicted molar refractivity (Wildman–Crippen MR) is 69.1 cm³/mol. The van der Waals surface area contributed by atoms with Crippen LogP contribution in [0.15, 0.2) is 15.0 Å². The van der Waals surface area contributed by atoms with Crippen LogP contribution in [0.1, 0.15) is 0 Å². The van der Waals surface area contributed by atoms with Crippen molar-refractivity contribution in [2.24, 2.45) is 26.4 Å². The van der Waals surface area contributed by atoms with Crippen molar-refractivity contribution in [1.29, 1.82) is 0 Å². The topological polar surface area (TPSA) is 179 Å². The minimum absolute atomic E-state index is 0.0693. The second-order valence-electron chi connectivity index (χ2n) is 4.77. The first-order valence-corrected chi connectivity index (χ1v) is 6.15. The van der Waals surface area contributed by atoms with Crippen molar-refractivity contribution in [2.75, 3.05) is 6.61 Å². The van der Waals surface area contributed by atoms with Gasteiger partial charge in [-0.05, 0) is 0 Å². The Labute approximate surface area is 118 Å². The molecule has 7 N–H and O–H groups in total. The molecule has 0 saturated carbocycles. The molecule has 5 unspecified atom stereocenters. The average molecular weight is 298 g/mol. The van der Waals surface area contributed by atoms with E-state index in [1.54, 1.807) is 0 Å². The first-order chi connectivity index (χ1) is 9.93. The molecule has 11 heteroatoms. The third kappa shape index (κ3) is 1.98. The number of carbonyl (C=O) groups is 1. The molecule has 21 heavy (non-hydrogen) atoms. The number of amides is 1. The lowest BCUT2D eigenvalue weighted by atomic mass is 10.1. The minimum atomic E-state index is -1.37. The number of guanidine groups is 2. The van der Waals surface area contributed by atoms with Gasteiger partial charge in [0, 0.05) is 0 Å². The highest BCUT2D eigenvalue weighted by Gasteiger charge is 2.51. The van der Waals surface area contributed by atoms with Crippen molar-refractivity contribution in [1.82, 2.24) is 4.90 Å². The molecule has 0 aliphatic carbocycles. The lowest BCUT2D eigenvalue weighted by Gasteiger charge is -2.28. The van der Waals surface area contributed by atoms with Gasteiger partial charge in [-0.2, -0.15) is 9.98 Å². The number of rotatable bonds is 2. The molecule has 3 rings (SSSR count). The van der Waals surface area contributed by atoms with Gasteiger partial charge in [0.05, 0.1) is 6.61 Å². The number of aliphatic imine (C=N–C) groups is 3. The Balaban J connectivity index is 1.94. The van der Waals surface area contributed by atoms with Crippen LogP contribution in [0.3, 0.4) is 0 Å². The maximum Gasteiger partial charge on any atom is 0.281 e. The third-order valence-corrected chi connectivity index (χ3v) is 3.46. The molecule has 1 saturated heterocycles. The second-order valence-corrected chi connectivity index (χ2v) is 4.77. The summed E-state index contributed by atoms with van der Waals surface area (Å²) in [4.78, 5) is 24.2. The van der Waals surface area contributed by atoms with E-state index in [0.29, 0.717) is 0 Å². The van der Waals surface area contributed by atoms with E-state index in [2.05, 4.69) is 15.0 Å². The molecule has 5 atom stereocenters. The lowest BCUT2D eigenvalue weighted by Crippen LogP contribution is -2.53. The lowest BCUT2D eigenvalue weighted by molar-refractivity contribution is -0.117. The van der Waals surface area contributed by atoms with Crippen molar-refractivity contribution >= 4 is 23.7 Å². The number of carbonyl (C=O) groups excluding carboxylic acids is 1. The minimum Gasteiger partial charge on any atom is -0.394 e. The van der Waals surface area contributed by atoms with Crippen LogP contribution in [0, 0.1) is 0 Å². The molecular weight excluding hydrogens is 284 g/mol. The van der Waals surface area contributed by atoms with Crippen LogP contribution in [0.4, 0.5) is 0 Å². The number of hydrogen-bond donors (Lipinski definition) is 5. The van der Waals surface area contributed by atoms with E-state index in [0.717, 1.165) is 0 Å². The number of nitrogens with zero attached hydrogens (tertiary/aromatic N) is 4. The molecule has 1 amide bonds. The number of amidine groups is 1. The molecule has 0 aromatic heterocycles. The summed E-state index contributed by atoms with van der Waals surface area (Å²) < 4.78 is 5.35. The number of aliphatic hydroxyl groups is 3. The summed E-state index contributed by atoms with van der Waals surface area (Å²) in [5, 5.41) is 28.9.